The van der Waals surface area contributed by atoms with Crippen LogP contribution in [0.3, 0.4) is 0 Å². The maximum absolute atomic E-state index is 11.3. The molecule has 1 spiro atoms. The van der Waals surface area contributed by atoms with Crippen molar-refractivity contribution >= 4 is 27.8 Å². The van der Waals surface area contributed by atoms with Gasteiger partial charge in [0.05, 0.1) is 5.60 Å². The molecule has 0 radical (unpaired) electrons. The number of morpholine rings is 1. The van der Waals surface area contributed by atoms with Crippen LogP contribution in [0.2, 0.25) is 0 Å². The molecule has 2 aliphatic rings. The number of nitrogens with zero attached hydrogens (tertiary/aromatic N) is 1. The van der Waals surface area contributed by atoms with E-state index in [4.69, 9.17) is 9.15 Å². The molecular weight excluding hydrogens is 328 g/mol. The predicted molar refractivity (Wildman–Crippen MR) is 99.9 cm³/mol. The third-order valence-corrected chi connectivity index (χ3v) is 5.76. The molecule has 0 atom stereocenters. The first-order valence-electron chi connectivity index (χ1n) is 9.25. The molecule has 5 rings (SSSR count). The number of carbonyl (C=O) groups is 1. The van der Waals surface area contributed by atoms with Gasteiger partial charge >= 0.3 is 0 Å². The van der Waals surface area contributed by atoms with Crippen molar-refractivity contribution < 1.29 is 13.9 Å². The number of hydrogen-bond acceptors (Lipinski definition) is 4. The van der Waals surface area contributed by atoms with Crippen LogP contribution < -0.4 is 5.32 Å². The standard InChI is InChI=1S/C21H22N2O3/c24-19-13-25-21(14-22-19)8-10-23(11-9-21)12-15-4-3-6-17-16-5-1-2-7-18(16)26-20(15)17/h1-7H,8-14H2,(H,22,24). The first kappa shape index (κ1) is 15.9. The van der Waals surface area contributed by atoms with Crippen LogP contribution in [0.15, 0.2) is 46.9 Å². The van der Waals surface area contributed by atoms with Gasteiger partial charge in [0.25, 0.3) is 0 Å². The molecule has 134 valence electrons. The van der Waals surface area contributed by atoms with E-state index in [1.165, 1.54) is 16.3 Å². The fourth-order valence-corrected chi connectivity index (χ4v) is 4.19. The van der Waals surface area contributed by atoms with Crippen LogP contribution in [0.25, 0.3) is 21.9 Å². The van der Waals surface area contributed by atoms with E-state index in [9.17, 15) is 4.79 Å². The zero-order valence-corrected chi connectivity index (χ0v) is 14.7. The van der Waals surface area contributed by atoms with Crippen LogP contribution in [-0.2, 0) is 16.1 Å². The molecule has 0 aliphatic carbocycles. The third-order valence-electron chi connectivity index (χ3n) is 5.76. The summed E-state index contributed by atoms with van der Waals surface area (Å²) in [6.07, 6.45) is 1.90. The molecule has 0 bridgehead atoms. The fraction of sp³-hybridized carbons (Fsp3) is 0.381. The molecule has 0 unspecified atom stereocenters. The van der Waals surface area contributed by atoms with Gasteiger partial charge in [-0.1, -0.05) is 36.4 Å². The average Bonchev–Trinajstić information content (AvgIpc) is 3.06. The number of fused-ring (bicyclic) bond motifs is 3. The number of hydrogen-bond donors (Lipinski definition) is 1. The number of piperidine rings is 1. The summed E-state index contributed by atoms with van der Waals surface area (Å²) in [7, 11) is 0. The van der Waals surface area contributed by atoms with Crippen molar-refractivity contribution in [2.45, 2.75) is 25.0 Å². The second-order valence-electron chi connectivity index (χ2n) is 7.42. The largest absolute Gasteiger partial charge is 0.456 e. The van der Waals surface area contributed by atoms with Crippen molar-refractivity contribution in [1.29, 1.82) is 0 Å². The topological polar surface area (TPSA) is 54.7 Å². The number of furan rings is 1. The number of para-hydroxylation sites is 2. The number of ether oxygens (including phenoxy) is 1. The SMILES string of the molecule is O=C1COC2(CCN(Cc3cccc4c3oc3ccccc34)CC2)CN1. The van der Waals surface area contributed by atoms with Crippen LogP contribution in [-0.4, -0.2) is 42.6 Å². The van der Waals surface area contributed by atoms with Gasteiger partial charge in [-0.3, -0.25) is 9.69 Å². The molecule has 3 aromatic rings. The van der Waals surface area contributed by atoms with E-state index in [0.29, 0.717) is 6.54 Å². The van der Waals surface area contributed by atoms with Gasteiger partial charge in [0.15, 0.2) is 0 Å². The van der Waals surface area contributed by atoms with Crippen molar-refractivity contribution in [3.05, 3.63) is 48.0 Å². The number of amides is 1. The Bertz CT molecular complexity index is 958. The lowest BCUT2D eigenvalue weighted by atomic mass is 9.89. The maximum Gasteiger partial charge on any atom is 0.246 e. The molecule has 0 saturated carbocycles. The first-order valence-corrected chi connectivity index (χ1v) is 9.25. The van der Waals surface area contributed by atoms with E-state index >= 15 is 0 Å². The van der Waals surface area contributed by atoms with Crippen LogP contribution in [0.1, 0.15) is 18.4 Å². The smallest absolute Gasteiger partial charge is 0.246 e. The Hall–Kier alpha value is -2.37. The second-order valence-corrected chi connectivity index (χ2v) is 7.42. The van der Waals surface area contributed by atoms with E-state index < -0.39 is 0 Å². The summed E-state index contributed by atoms with van der Waals surface area (Å²) in [5.74, 6) is -0.00498. The van der Waals surface area contributed by atoms with Gasteiger partial charge in [-0.15, -0.1) is 0 Å². The van der Waals surface area contributed by atoms with Crippen LogP contribution in [0.4, 0.5) is 0 Å². The molecule has 2 aromatic carbocycles. The monoisotopic (exact) mass is 350 g/mol. The first-order chi connectivity index (χ1) is 12.7. The molecule has 1 N–H and O–H groups in total. The summed E-state index contributed by atoms with van der Waals surface area (Å²) in [6.45, 7) is 3.63. The molecule has 1 amide bonds. The zero-order chi connectivity index (χ0) is 17.6. The van der Waals surface area contributed by atoms with Crippen molar-refractivity contribution in [3.63, 3.8) is 0 Å². The molecule has 5 nitrogen and oxygen atoms in total. The summed E-state index contributed by atoms with van der Waals surface area (Å²) in [5.41, 5.74) is 3.00. The Kier molecular flexibility index (Phi) is 3.72. The van der Waals surface area contributed by atoms with Gasteiger partial charge in [-0.05, 0) is 18.9 Å². The quantitative estimate of drug-likeness (QED) is 0.772. The van der Waals surface area contributed by atoms with Crippen molar-refractivity contribution in [2.75, 3.05) is 26.2 Å². The number of likely N-dealkylation sites (tertiary alicyclic amines) is 1. The van der Waals surface area contributed by atoms with E-state index in [0.717, 1.165) is 43.6 Å². The third kappa shape index (κ3) is 2.68. The number of nitrogens with one attached hydrogen (secondary N) is 1. The molecule has 26 heavy (non-hydrogen) atoms. The molecule has 2 fully saturated rings. The van der Waals surface area contributed by atoms with E-state index in [-0.39, 0.29) is 18.1 Å². The molecule has 5 heteroatoms. The van der Waals surface area contributed by atoms with Crippen LogP contribution in [0.5, 0.6) is 0 Å². The van der Waals surface area contributed by atoms with Crippen LogP contribution in [0, 0.1) is 0 Å². The van der Waals surface area contributed by atoms with Gasteiger partial charge in [-0.2, -0.15) is 0 Å². The van der Waals surface area contributed by atoms with Crippen molar-refractivity contribution in [2.24, 2.45) is 0 Å². The summed E-state index contributed by atoms with van der Waals surface area (Å²) >= 11 is 0. The molecule has 2 saturated heterocycles. The highest BCUT2D eigenvalue weighted by Gasteiger charge is 2.38. The summed E-state index contributed by atoms with van der Waals surface area (Å²) < 4.78 is 12.0. The number of benzene rings is 2. The average molecular weight is 350 g/mol. The molecule has 2 aliphatic heterocycles. The normalized spacial score (nSPS) is 20.7. The lowest BCUT2D eigenvalue weighted by molar-refractivity contribution is -0.150. The van der Waals surface area contributed by atoms with Gasteiger partial charge in [0, 0.05) is 42.5 Å². The Labute approximate surface area is 151 Å². The zero-order valence-electron chi connectivity index (χ0n) is 14.7. The highest BCUT2D eigenvalue weighted by atomic mass is 16.5. The minimum absolute atomic E-state index is 0.00498. The van der Waals surface area contributed by atoms with E-state index in [1.807, 2.05) is 12.1 Å². The molecular formula is C21H22N2O3. The van der Waals surface area contributed by atoms with E-state index in [1.54, 1.807) is 0 Å². The van der Waals surface area contributed by atoms with Gasteiger partial charge in [0.1, 0.15) is 17.8 Å². The van der Waals surface area contributed by atoms with Crippen molar-refractivity contribution in [3.8, 4) is 0 Å². The fourth-order valence-electron chi connectivity index (χ4n) is 4.19. The molecule has 1 aromatic heterocycles. The van der Waals surface area contributed by atoms with Gasteiger partial charge in [-0.25, -0.2) is 0 Å². The lowest BCUT2D eigenvalue weighted by Gasteiger charge is -2.43. The Morgan fingerprint density at radius 3 is 2.65 bits per heavy atom. The number of rotatable bonds is 2. The number of carbonyl (C=O) groups excluding carboxylic acids is 1. The highest BCUT2D eigenvalue weighted by molar-refractivity contribution is 6.05. The predicted octanol–water partition coefficient (Wildman–Crippen LogP) is 3.07. The summed E-state index contributed by atoms with van der Waals surface area (Å²) in [4.78, 5) is 13.8. The Balaban J connectivity index is 1.35. The lowest BCUT2D eigenvalue weighted by Crippen LogP contribution is -2.57. The maximum atomic E-state index is 11.3. The summed E-state index contributed by atoms with van der Waals surface area (Å²) in [6, 6.07) is 14.6. The Morgan fingerprint density at radius 2 is 1.85 bits per heavy atom. The van der Waals surface area contributed by atoms with Crippen molar-refractivity contribution in [1.82, 2.24) is 10.2 Å². The van der Waals surface area contributed by atoms with Crippen LogP contribution >= 0.6 is 0 Å². The van der Waals surface area contributed by atoms with E-state index in [2.05, 4.69) is 40.5 Å². The molecule has 3 heterocycles. The summed E-state index contributed by atoms with van der Waals surface area (Å²) in [5, 5.41) is 5.31. The minimum Gasteiger partial charge on any atom is -0.456 e. The minimum atomic E-state index is -0.171. The highest BCUT2D eigenvalue weighted by Crippen LogP contribution is 2.33. The van der Waals surface area contributed by atoms with Gasteiger partial charge < -0.3 is 14.5 Å². The van der Waals surface area contributed by atoms with Gasteiger partial charge in [0.2, 0.25) is 5.91 Å². The second kappa shape index (κ2) is 6.11. The Morgan fingerprint density at radius 1 is 1.04 bits per heavy atom.